The smallest absolute Gasteiger partial charge is 0.266 e. The van der Waals surface area contributed by atoms with Crippen LogP contribution in [-0.4, -0.2) is 38.8 Å². The van der Waals surface area contributed by atoms with Crippen LogP contribution in [0.4, 0.5) is 5.69 Å². The van der Waals surface area contributed by atoms with E-state index in [4.69, 9.17) is 9.47 Å². The molecule has 0 N–H and O–H groups in total. The van der Waals surface area contributed by atoms with Gasteiger partial charge in [-0.25, -0.2) is 4.90 Å². The van der Waals surface area contributed by atoms with Gasteiger partial charge in [0.05, 0.1) is 22.5 Å². The Morgan fingerprint density at radius 1 is 0.920 bits per heavy atom. The van der Waals surface area contributed by atoms with Crippen LogP contribution in [0.1, 0.15) is 20.7 Å². The number of amides is 2. The topological polar surface area (TPSA) is 99.4 Å². The Hall–Kier alpha value is -3.75. The minimum absolute atomic E-state index is 0.0654. The molecule has 2 aliphatic heterocycles. The average Bonchev–Trinajstić information content (AvgIpc) is 3.35. The second kappa shape index (κ2) is 4.87. The normalized spacial score (nSPS) is 15.0. The predicted molar refractivity (Wildman–Crippen MR) is 82.9 cm³/mol. The number of benzene rings is 2. The monoisotopic (exact) mass is 335 g/mol. The van der Waals surface area contributed by atoms with E-state index in [1.54, 1.807) is 36.4 Å². The van der Waals surface area contributed by atoms with Gasteiger partial charge in [0.1, 0.15) is 6.33 Å². The quantitative estimate of drug-likeness (QED) is 0.649. The van der Waals surface area contributed by atoms with Gasteiger partial charge in [0.15, 0.2) is 11.5 Å². The molecule has 0 saturated heterocycles. The van der Waals surface area contributed by atoms with Crippen LogP contribution in [0.15, 0.2) is 42.7 Å². The fourth-order valence-electron chi connectivity index (χ4n) is 2.96. The minimum atomic E-state index is -0.409. The second-order valence-corrected chi connectivity index (χ2v) is 5.44. The molecule has 5 rings (SSSR count). The summed E-state index contributed by atoms with van der Waals surface area (Å²) in [4.78, 5) is 26.7. The third kappa shape index (κ3) is 1.86. The van der Waals surface area contributed by atoms with Gasteiger partial charge in [-0.05, 0) is 22.6 Å². The van der Waals surface area contributed by atoms with Gasteiger partial charge in [-0.15, -0.1) is 5.10 Å². The summed E-state index contributed by atoms with van der Waals surface area (Å²) in [7, 11) is 0. The van der Waals surface area contributed by atoms with E-state index < -0.39 is 11.8 Å². The minimum Gasteiger partial charge on any atom is -0.454 e. The van der Waals surface area contributed by atoms with E-state index in [1.807, 2.05) is 0 Å². The molecule has 3 aromatic rings. The number of fused-ring (bicyclic) bond motifs is 2. The van der Waals surface area contributed by atoms with Crippen molar-refractivity contribution in [1.29, 1.82) is 0 Å². The summed E-state index contributed by atoms with van der Waals surface area (Å²) < 4.78 is 12.1. The maximum absolute atomic E-state index is 12.8. The van der Waals surface area contributed by atoms with Gasteiger partial charge < -0.3 is 9.47 Å². The molecule has 2 aromatic carbocycles. The number of ether oxygens (including phenoxy) is 2. The Morgan fingerprint density at radius 2 is 1.56 bits per heavy atom. The molecule has 1 aromatic heterocycles. The Labute approximate surface area is 140 Å². The molecule has 0 radical (unpaired) electrons. The number of rotatable bonds is 2. The van der Waals surface area contributed by atoms with Crippen LogP contribution in [0, 0.1) is 0 Å². The van der Waals surface area contributed by atoms with Crippen molar-refractivity contribution in [2.24, 2.45) is 0 Å². The lowest BCUT2D eigenvalue weighted by Gasteiger charge is -2.18. The first-order chi connectivity index (χ1) is 12.2. The van der Waals surface area contributed by atoms with Gasteiger partial charge in [-0.3, -0.25) is 9.59 Å². The lowest BCUT2D eigenvalue weighted by molar-refractivity contribution is 0.0926. The summed E-state index contributed by atoms with van der Waals surface area (Å²) >= 11 is 0. The van der Waals surface area contributed by atoms with Gasteiger partial charge in [0.2, 0.25) is 6.79 Å². The van der Waals surface area contributed by atoms with Crippen molar-refractivity contribution in [3.8, 4) is 17.2 Å². The van der Waals surface area contributed by atoms with Gasteiger partial charge >= 0.3 is 0 Å². The van der Waals surface area contributed by atoms with Gasteiger partial charge in [0.25, 0.3) is 11.8 Å². The molecule has 0 aliphatic carbocycles. The van der Waals surface area contributed by atoms with Crippen molar-refractivity contribution in [2.75, 3.05) is 11.7 Å². The van der Waals surface area contributed by atoms with Crippen molar-refractivity contribution in [3.05, 3.63) is 53.9 Å². The third-order valence-corrected chi connectivity index (χ3v) is 4.10. The van der Waals surface area contributed by atoms with E-state index in [0.29, 0.717) is 34.0 Å². The molecule has 0 atom stereocenters. The number of hydrogen-bond acceptors (Lipinski definition) is 7. The first-order valence-corrected chi connectivity index (χ1v) is 7.39. The van der Waals surface area contributed by atoms with Crippen molar-refractivity contribution in [3.63, 3.8) is 0 Å². The molecular formula is C16H9N5O4. The van der Waals surface area contributed by atoms with Crippen molar-refractivity contribution in [1.82, 2.24) is 20.2 Å². The zero-order chi connectivity index (χ0) is 17.0. The highest BCUT2D eigenvalue weighted by atomic mass is 16.7. The van der Waals surface area contributed by atoms with Crippen molar-refractivity contribution < 1.29 is 19.1 Å². The third-order valence-electron chi connectivity index (χ3n) is 4.10. The number of aromatic nitrogens is 4. The summed E-state index contributed by atoms with van der Waals surface area (Å²) in [6.07, 6.45) is 1.37. The predicted octanol–water partition coefficient (Wildman–Crippen LogP) is 1.19. The summed E-state index contributed by atoms with van der Waals surface area (Å²) in [5.41, 5.74) is 1.46. The van der Waals surface area contributed by atoms with E-state index in [-0.39, 0.29) is 6.79 Å². The second-order valence-electron chi connectivity index (χ2n) is 5.44. The molecule has 0 bridgehead atoms. The van der Waals surface area contributed by atoms with Crippen molar-refractivity contribution >= 4 is 17.5 Å². The summed E-state index contributed by atoms with van der Waals surface area (Å²) in [6.45, 7) is 0.0654. The number of carbonyl (C=O) groups excluding carboxylic acids is 2. The molecule has 0 fully saturated rings. The fourth-order valence-corrected chi connectivity index (χ4v) is 2.96. The van der Waals surface area contributed by atoms with Gasteiger partial charge in [0, 0.05) is 12.1 Å². The fraction of sp³-hybridized carbons (Fsp3) is 0.0625. The maximum atomic E-state index is 12.8. The lowest BCUT2D eigenvalue weighted by Crippen LogP contribution is -2.30. The van der Waals surface area contributed by atoms with Crippen LogP contribution in [0.3, 0.4) is 0 Å². The van der Waals surface area contributed by atoms with Crippen LogP contribution in [0.2, 0.25) is 0 Å². The molecule has 0 unspecified atom stereocenters. The van der Waals surface area contributed by atoms with Crippen LogP contribution in [-0.2, 0) is 0 Å². The summed E-state index contributed by atoms with van der Waals surface area (Å²) in [5, 5.41) is 11.1. The summed E-state index contributed by atoms with van der Waals surface area (Å²) in [6, 6.07) is 9.90. The average molecular weight is 335 g/mol. The number of anilines is 1. The maximum Gasteiger partial charge on any atom is 0.266 e. The van der Waals surface area contributed by atoms with Gasteiger partial charge in [-0.1, -0.05) is 12.1 Å². The lowest BCUT2D eigenvalue weighted by atomic mass is 10.1. The number of tetrazole rings is 1. The number of carbonyl (C=O) groups is 2. The van der Waals surface area contributed by atoms with E-state index in [2.05, 4.69) is 15.5 Å². The first kappa shape index (κ1) is 13.7. The molecule has 2 aliphatic rings. The number of imide groups is 1. The molecule has 2 amide bonds. The zero-order valence-corrected chi connectivity index (χ0v) is 12.6. The van der Waals surface area contributed by atoms with E-state index >= 15 is 0 Å². The van der Waals surface area contributed by atoms with E-state index in [0.717, 1.165) is 4.90 Å². The molecule has 9 heteroatoms. The standard InChI is InChI=1S/C16H9N5O4/c22-15-9-3-1-2-4-10(9)16(23)21(15)12-6-14-13(24-8-25-14)5-11(12)20-7-17-18-19-20/h1-7H,8H2. The molecular weight excluding hydrogens is 326 g/mol. The number of hydrogen-bond donors (Lipinski definition) is 0. The Bertz CT molecular complexity index is 996. The van der Waals surface area contributed by atoms with E-state index in [1.165, 1.54) is 11.0 Å². The highest BCUT2D eigenvalue weighted by Crippen LogP contribution is 2.42. The Kier molecular flexibility index (Phi) is 2.66. The molecule has 122 valence electrons. The first-order valence-electron chi connectivity index (χ1n) is 7.39. The Balaban J connectivity index is 1.73. The Morgan fingerprint density at radius 3 is 2.16 bits per heavy atom. The molecule has 3 heterocycles. The number of nitrogens with zero attached hydrogens (tertiary/aromatic N) is 5. The zero-order valence-electron chi connectivity index (χ0n) is 12.6. The highest BCUT2D eigenvalue weighted by Gasteiger charge is 2.38. The van der Waals surface area contributed by atoms with Gasteiger partial charge in [-0.2, -0.15) is 4.68 Å². The van der Waals surface area contributed by atoms with Crippen LogP contribution < -0.4 is 14.4 Å². The highest BCUT2D eigenvalue weighted by molar-refractivity contribution is 6.35. The van der Waals surface area contributed by atoms with Crippen molar-refractivity contribution in [2.45, 2.75) is 0 Å². The van der Waals surface area contributed by atoms with Crippen LogP contribution in [0.5, 0.6) is 11.5 Å². The SMILES string of the molecule is O=C1c2ccccc2C(=O)N1c1cc2c(cc1-n1cnnn1)OCO2. The molecule has 0 spiro atoms. The molecule has 25 heavy (non-hydrogen) atoms. The largest absolute Gasteiger partial charge is 0.454 e. The van der Waals surface area contributed by atoms with Crippen LogP contribution >= 0.6 is 0 Å². The van der Waals surface area contributed by atoms with E-state index in [9.17, 15) is 9.59 Å². The molecule has 0 saturated carbocycles. The molecule has 9 nitrogen and oxygen atoms in total. The van der Waals surface area contributed by atoms with Crippen LogP contribution in [0.25, 0.3) is 5.69 Å². The summed E-state index contributed by atoms with van der Waals surface area (Å²) in [5.74, 6) is 0.122.